The van der Waals surface area contributed by atoms with Gasteiger partial charge in [0.1, 0.15) is 0 Å². The number of nitriles is 1. The first-order valence-corrected chi connectivity index (χ1v) is 7.77. The number of rotatable bonds is 5. The minimum atomic E-state index is 0.268. The molecule has 0 spiro atoms. The number of carbonyl (C=O) groups excluding carboxylic acids is 1. The Labute approximate surface area is 126 Å². The van der Waals surface area contributed by atoms with Crippen LogP contribution in [0.4, 0.5) is 0 Å². The normalized spacial score (nSPS) is 15.3. The van der Waals surface area contributed by atoms with Crippen LogP contribution in [0.25, 0.3) is 0 Å². The Morgan fingerprint density at radius 3 is 2.43 bits per heavy atom. The molecule has 0 bridgehead atoms. The second kappa shape index (κ2) is 8.43. The number of hydrogen-bond acceptors (Lipinski definition) is 3. The molecule has 0 aliphatic carbocycles. The molecule has 1 aromatic carbocycles. The van der Waals surface area contributed by atoms with Gasteiger partial charge in [0.2, 0.25) is 5.91 Å². The summed E-state index contributed by atoms with van der Waals surface area (Å²) in [6.07, 6.45) is 5.35. The lowest BCUT2D eigenvalue weighted by molar-refractivity contribution is -0.131. The highest BCUT2D eigenvalue weighted by molar-refractivity contribution is 5.76. The van der Waals surface area contributed by atoms with Gasteiger partial charge in [0, 0.05) is 32.6 Å². The Kier molecular flexibility index (Phi) is 6.23. The molecule has 1 amide bonds. The Morgan fingerprint density at radius 2 is 1.81 bits per heavy atom. The van der Waals surface area contributed by atoms with Crippen molar-refractivity contribution in [3.05, 3.63) is 35.4 Å². The highest BCUT2D eigenvalue weighted by Crippen LogP contribution is 2.10. The van der Waals surface area contributed by atoms with E-state index in [9.17, 15) is 4.79 Å². The molecule has 0 radical (unpaired) electrons. The van der Waals surface area contributed by atoms with Crippen LogP contribution in [-0.2, 0) is 11.3 Å². The van der Waals surface area contributed by atoms with Gasteiger partial charge in [-0.15, -0.1) is 0 Å². The highest BCUT2D eigenvalue weighted by atomic mass is 16.2. The second-order valence-electron chi connectivity index (χ2n) is 5.53. The summed E-state index contributed by atoms with van der Waals surface area (Å²) >= 11 is 0. The molecule has 4 nitrogen and oxygen atoms in total. The van der Waals surface area contributed by atoms with Crippen LogP contribution in [-0.4, -0.2) is 30.4 Å². The van der Waals surface area contributed by atoms with Crippen molar-refractivity contribution in [1.29, 1.82) is 5.26 Å². The molecule has 1 aromatic rings. The lowest BCUT2D eigenvalue weighted by atomic mass is 10.1. The maximum Gasteiger partial charge on any atom is 0.223 e. The molecule has 2 rings (SSSR count). The molecule has 1 heterocycles. The molecule has 0 atom stereocenters. The van der Waals surface area contributed by atoms with Crippen LogP contribution in [0.15, 0.2) is 24.3 Å². The van der Waals surface area contributed by atoms with Crippen LogP contribution in [0, 0.1) is 11.3 Å². The van der Waals surface area contributed by atoms with Gasteiger partial charge in [0.25, 0.3) is 0 Å². The number of amides is 1. The topological polar surface area (TPSA) is 56.1 Å². The van der Waals surface area contributed by atoms with Gasteiger partial charge < -0.3 is 10.2 Å². The van der Waals surface area contributed by atoms with Gasteiger partial charge in [-0.25, -0.2) is 0 Å². The van der Waals surface area contributed by atoms with E-state index in [0.29, 0.717) is 18.5 Å². The lowest BCUT2D eigenvalue weighted by Crippen LogP contribution is -2.33. The Hall–Kier alpha value is -1.86. The molecule has 21 heavy (non-hydrogen) atoms. The SMILES string of the molecule is N#Cc1ccc(CNCCC(=O)N2CCCCCC2)cc1. The van der Waals surface area contributed by atoms with Crippen LogP contribution in [0.1, 0.15) is 43.2 Å². The predicted molar refractivity (Wildman–Crippen MR) is 82.5 cm³/mol. The first-order chi connectivity index (χ1) is 10.3. The quantitative estimate of drug-likeness (QED) is 0.845. The summed E-state index contributed by atoms with van der Waals surface area (Å²) in [6.45, 7) is 3.29. The van der Waals surface area contributed by atoms with Crippen LogP contribution in [0.5, 0.6) is 0 Å². The largest absolute Gasteiger partial charge is 0.343 e. The third-order valence-corrected chi connectivity index (χ3v) is 3.89. The minimum absolute atomic E-state index is 0.268. The van der Waals surface area contributed by atoms with E-state index in [1.54, 1.807) is 0 Å². The first kappa shape index (κ1) is 15.5. The highest BCUT2D eigenvalue weighted by Gasteiger charge is 2.14. The van der Waals surface area contributed by atoms with Crippen molar-refractivity contribution in [3.8, 4) is 6.07 Å². The summed E-state index contributed by atoms with van der Waals surface area (Å²) in [7, 11) is 0. The van der Waals surface area contributed by atoms with Gasteiger partial charge >= 0.3 is 0 Å². The molecule has 0 saturated carbocycles. The van der Waals surface area contributed by atoms with E-state index < -0.39 is 0 Å². The smallest absolute Gasteiger partial charge is 0.223 e. The third-order valence-electron chi connectivity index (χ3n) is 3.89. The van der Waals surface area contributed by atoms with E-state index in [2.05, 4.69) is 11.4 Å². The maximum atomic E-state index is 12.1. The Morgan fingerprint density at radius 1 is 1.14 bits per heavy atom. The molecule has 0 aromatic heterocycles. The number of hydrogen-bond donors (Lipinski definition) is 1. The summed E-state index contributed by atoms with van der Waals surface area (Å²) in [4.78, 5) is 14.1. The summed E-state index contributed by atoms with van der Waals surface area (Å²) in [5.41, 5.74) is 1.81. The van der Waals surface area contributed by atoms with Gasteiger partial charge in [-0.1, -0.05) is 25.0 Å². The Bertz CT molecular complexity index is 482. The molecule has 1 N–H and O–H groups in total. The number of benzene rings is 1. The summed E-state index contributed by atoms with van der Waals surface area (Å²) < 4.78 is 0. The molecular formula is C17H23N3O. The fourth-order valence-electron chi connectivity index (χ4n) is 2.60. The average Bonchev–Trinajstić information content (AvgIpc) is 2.81. The summed E-state index contributed by atoms with van der Waals surface area (Å²) in [5.74, 6) is 0.268. The van der Waals surface area contributed by atoms with Crippen LogP contribution < -0.4 is 5.32 Å². The van der Waals surface area contributed by atoms with Crippen LogP contribution in [0.2, 0.25) is 0 Å². The molecule has 112 valence electrons. The molecular weight excluding hydrogens is 262 g/mol. The number of nitrogens with one attached hydrogen (secondary N) is 1. The molecule has 4 heteroatoms. The van der Waals surface area contributed by atoms with Crippen molar-refractivity contribution >= 4 is 5.91 Å². The molecule has 1 fully saturated rings. The van der Waals surface area contributed by atoms with E-state index in [-0.39, 0.29) is 5.91 Å². The van der Waals surface area contributed by atoms with E-state index in [1.165, 1.54) is 12.8 Å². The van der Waals surface area contributed by atoms with Gasteiger partial charge in [-0.2, -0.15) is 5.26 Å². The van der Waals surface area contributed by atoms with Crippen LogP contribution >= 0.6 is 0 Å². The van der Waals surface area contributed by atoms with Gasteiger partial charge in [-0.05, 0) is 30.5 Å². The van der Waals surface area contributed by atoms with Crippen molar-refractivity contribution < 1.29 is 4.79 Å². The van der Waals surface area contributed by atoms with Gasteiger partial charge in [0.05, 0.1) is 11.6 Å². The fraction of sp³-hybridized carbons (Fsp3) is 0.529. The number of carbonyl (C=O) groups is 1. The summed E-state index contributed by atoms with van der Waals surface area (Å²) in [6, 6.07) is 9.64. The van der Waals surface area contributed by atoms with Gasteiger partial charge in [-0.3, -0.25) is 4.79 Å². The van der Waals surface area contributed by atoms with Crippen molar-refractivity contribution in [2.45, 2.75) is 38.6 Å². The molecule has 1 aliphatic rings. The van der Waals surface area contributed by atoms with E-state index >= 15 is 0 Å². The maximum absolute atomic E-state index is 12.1. The lowest BCUT2D eigenvalue weighted by Gasteiger charge is -2.20. The number of nitrogens with zero attached hydrogens (tertiary/aromatic N) is 2. The minimum Gasteiger partial charge on any atom is -0.343 e. The van der Waals surface area contributed by atoms with Crippen LogP contribution in [0.3, 0.4) is 0 Å². The fourth-order valence-corrected chi connectivity index (χ4v) is 2.60. The van der Waals surface area contributed by atoms with Gasteiger partial charge in [0.15, 0.2) is 0 Å². The van der Waals surface area contributed by atoms with E-state index in [1.807, 2.05) is 29.2 Å². The van der Waals surface area contributed by atoms with Crippen molar-refractivity contribution in [2.24, 2.45) is 0 Å². The van der Waals surface area contributed by atoms with Crippen molar-refractivity contribution in [3.63, 3.8) is 0 Å². The molecule has 1 saturated heterocycles. The van der Waals surface area contributed by atoms with Crippen molar-refractivity contribution in [2.75, 3.05) is 19.6 Å². The average molecular weight is 285 g/mol. The first-order valence-electron chi connectivity index (χ1n) is 7.77. The van der Waals surface area contributed by atoms with Crippen molar-refractivity contribution in [1.82, 2.24) is 10.2 Å². The third kappa shape index (κ3) is 5.20. The zero-order chi connectivity index (χ0) is 14.9. The zero-order valence-electron chi connectivity index (χ0n) is 12.5. The monoisotopic (exact) mass is 285 g/mol. The number of likely N-dealkylation sites (tertiary alicyclic amines) is 1. The summed E-state index contributed by atoms with van der Waals surface area (Å²) in [5, 5.41) is 12.0. The predicted octanol–water partition coefficient (Wildman–Crippen LogP) is 2.44. The second-order valence-corrected chi connectivity index (χ2v) is 5.53. The standard InChI is InChI=1S/C17H23N3O/c18-13-15-5-7-16(8-6-15)14-19-10-9-17(21)20-11-3-1-2-4-12-20/h5-8,19H,1-4,9-12,14H2. The zero-order valence-corrected chi connectivity index (χ0v) is 12.5. The van der Waals surface area contributed by atoms with E-state index in [4.69, 9.17) is 5.26 Å². The molecule has 1 aliphatic heterocycles. The molecule has 0 unspecified atom stereocenters. The van der Waals surface area contributed by atoms with E-state index in [0.717, 1.165) is 38.0 Å². The Balaban J connectivity index is 1.66.